The highest BCUT2D eigenvalue weighted by atomic mass is 35.5. The van der Waals surface area contributed by atoms with Crippen LogP contribution in [0.2, 0.25) is 5.22 Å². The van der Waals surface area contributed by atoms with E-state index in [9.17, 15) is 4.79 Å². The van der Waals surface area contributed by atoms with Gasteiger partial charge in [-0.2, -0.15) is 0 Å². The van der Waals surface area contributed by atoms with Crippen LogP contribution in [-0.4, -0.2) is 24.7 Å². The minimum Gasteiger partial charge on any atom is -0.452 e. The van der Waals surface area contributed by atoms with Crippen LogP contribution < -0.4 is 5.32 Å². The summed E-state index contributed by atoms with van der Waals surface area (Å²) in [6.07, 6.45) is 3.03. The summed E-state index contributed by atoms with van der Waals surface area (Å²) < 4.78 is 10.2. The number of rotatable bonds is 2. The molecule has 1 aromatic rings. The quantitative estimate of drug-likeness (QED) is 0.867. The summed E-state index contributed by atoms with van der Waals surface area (Å²) in [5.41, 5.74) is 0.171. The van der Waals surface area contributed by atoms with Crippen molar-refractivity contribution in [2.24, 2.45) is 0 Å². The van der Waals surface area contributed by atoms with Crippen molar-refractivity contribution in [3.8, 4) is 0 Å². The van der Waals surface area contributed by atoms with Gasteiger partial charge in [-0.15, -0.1) is 0 Å². The maximum absolute atomic E-state index is 11.9. The molecule has 2 rings (SSSR count). The fourth-order valence-electron chi connectivity index (χ4n) is 1.74. The van der Waals surface area contributed by atoms with Crippen LogP contribution in [0.1, 0.15) is 30.1 Å². The van der Waals surface area contributed by atoms with Gasteiger partial charge in [-0.3, -0.25) is 4.79 Å². The maximum Gasteiger partial charge on any atom is 0.256 e. The number of carbonyl (C=O) groups excluding carboxylic acids is 1. The lowest BCUT2D eigenvalue weighted by Crippen LogP contribution is -2.49. The first-order valence-electron chi connectivity index (χ1n) is 5.24. The third-order valence-corrected chi connectivity index (χ3v) is 3.17. The molecule has 1 N–H and O–H groups in total. The van der Waals surface area contributed by atoms with E-state index in [4.69, 9.17) is 20.8 Å². The lowest BCUT2D eigenvalue weighted by Gasteiger charge is -2.34. The van der Waals surface area contributed by atoms with Gasteiger partial charge in [0.2, 0.25) is 5.22 Å². The number of carbonyl (C=O) groups is 1. The van der Waals surface area contributed by atoms with Gasteiger partial charge in [-0.05, 0) is 37.4 Å². The van der Waals surface area contributed by atoms with E-state index in [1.165, 1.54) is 6.26 Å². The first-order chi connectivity index (χ1) is 7.61. The Hall–Kier alpha value is -1.00. The minimum atomic E-state index is -0.212. The number of hydrogen-bond donors (Lipinski definition) is 1. The monoisotopic (exact) mass is 243 g/mol. The molecule has 2 heterocycles. The highest BCUT2D eigenvalue weighted by Gasteiger charge is 2.30. The lowest BCUT2D eigenvalue weighted by atomic mass is 9.92. The van der Waals surface area contributed by atoms with E-state index >= 15 is 0 Å². The van der Waals surface area contributed by atoms with Crippen LogP contribution in [0.3, 0.4) is 0 Å². The van der Waals surface area contributed by atoms with Crippen molar-refractivity contribution in [3.05, 3.63) is 23.1 Å². The van der Waals surface area contributed by atoms with Gasteiger partial charge in [-0.1, -0.05) is 0 Å². The Kier molecular flexibility index (Phi) is 3.21. The zero-order valence-corrected chi connectivity index (χ0v) is 9.84. The van der Waals surface area contributed by atoms with Crippen molar-refractivity contribution in [2.45, 2.75) is 25.3 Å². The van der Waals surface area contributed by atoms with Crippen molar-refractivity contribution in [3.63, 3.8) is 0 Å². The minimum absolute atomic E-state index is 0.133. The van der Waals surface area contributed by atoms with Gasteiger partial charge >= 0.3 is 0 Å². The van der Waals surface area contributed by atoms with Gasteiger partial charge in [0.15, 0.2) is 0 Å². The van der Waals surface area contributed by atoms with Crippen LogP contribution in [0.15, 0.2) is 16.7 Å². The molecule has 0 spiro atoms. The fraction of sp³-hybridized carbons (Fsp3) is 0.545. The molecule has 1 aromatic heterocycles. The van der Waals surface area contributed by atoms with Crippen molar-refractivity contribution < 1.29 is 13.9 Å². The largest absolute Gasteiger partial charge is 0.452 e. The Balaban J connectivity index is 2.04. The van der Waals surface area contributed by atoms with Crippen molar-refractivity contribution in [1.82, 2.24) is 5.32 Å². The summed E-state index contributed by atoms with van der Waals surface area (Å²) in [5.74, 6) is -0.192. The Bertz CT molecular complexity index is 382. The molecule has 0 bridgehead atoms. The average Bonchev–Trinajstić information content (AvgIpc) is 2.65. The molecule has 0 atom stereocenters. The molecule has 16 heavy (non-hydrogen) atoms. The molecule has 5 heteroatoms. The highest BCUT2D eigenvalue weighted by Crippen LogP contribution is 2.22. The summed E-state index contributed by atoms with van der Waals surface area (Å²) >= 11 is 5.75. The van der Waals surface area contributed by atoms with Crippen LogP contribution in [0.25, 0.3) is 0 Å². The first kappa shape index (κ1) is 11.5. The molecule has 4 nitrogen and oxygen atoms in total. The molecule has 1 amide bonds. The molecule has 0 unspecified atom stereocenters. The van der Waals surface area contributed by atoms with E-state index in [2.05, 4.69) is 5.32 Å². The molecule has 0 radical (unpaired) electrons. The van der Waals surface area contributed by atoms with Gasteiger partial charge in [0.25, 0.3) is 5.91 Å². The Morgan fingerprint density at radius 3 is 2.75 bits per heavy atom. The number of halogens is 1. The number of furan rings is 1. The van der Waals surface area contributed by atoms with Crippen LogP contribution in [0.4, 0.5) is 0 Å². The number of hydrogen-bond acceptors (Lipinski definition) is 3. The van der Waals surface area contributed by atoms with Gasteiger partial charge in [0.05, 0.1) is 11.8 Å². The SMILES string of the molecule is CC1(NC(=O)c2ccoc2Cl)CCOCC1. The third kappa shape index (κ3) is 2.39. The molecule has 1 fully saturated rings. The highest BCUT2D eigenvalue weighted by molar-refractivity contribution is 6.32. The fourth-order valence-corrected chi connectivity index (χ4v) is 1.94. The van der Waals surface area contributed by atoms with Crippen molar-refractivity contribution in [2.75, 3.05) is 13.2 Å². The number of amides is 1. The molecule has 0 aromatic carbocycles. The molecular formula is C11H14ClNO3. The summed E-state index contributed by atoms with van der Waals surface area (Å²) in [5, 5.41) is 3.11. The van der Waals surface area contributed by atoms with Crippen LogP contribution in [0, 0.1) is 0 Å². The Morgan fingerprint density at radius 1 is 1.50 bits per heavy atom. The predicted octanol–water partition coefficient (Wildman–Crippen LogP) is 2.23. The van der Waals surface area contributed by atoms with E-state index in [1.807, 2.05) is 6.92 Å². The number of nitrogens with one attached hydrogen (secondary N) is 1. The van der Waals surface area contributed by atoms with Gasteiger partial charge in [-0.25, -0.2) is 0 Å². The first-order valence-corrected chi connectivity index (χ1v) is 5.62. The Morgan fingerprint density at radius 2 is 2.19 bits per heavy atom. The van der Waals surface area contributed by atoms with E-state index in [0.717, 1.165) is 12.8 Å². The van der Waals surface area contributed by atoms with Gasteiger partial charge in [0.1, 0.15) is 0 Å². The molecule has 1 saturated heterocycles. The summed E-state index contributed by atoms with van der Waals surface area (Å²) in [4.78, 5) is 11.9. The summed E-state index contributed by atoms with van der Waals surface area (Å²) in [6.45, 7) is 3.37. The van der Waals surface area contributed by atoms with Gasteiger partial charge < -0.3 is 14.5 Å². The third-order valence-electron chi connectivity index (χ3n) is 2.87. The van der Waals surface area contributed by atoms with E-state index in [1.54, 1.807) is 6.07 Å². The molecule has 88 valence electrons. The molecule has 1 aliphatic rings. The van der Waals surface area contributed by atoms with Crippen LogP contribution in [0.5, 0.6) is 0 Å². The Labute approximate surface area is 98.9 Å². The summed E-state index contributed by atoms with van der Waals surface area (Å²) in [6, 6.07) is 1.57. The maximum atomic E-state index is 11.9. The molecular weight excluding hydrogens is 230 g/mol. The van der Waals surface area contributed by atoms with E-state index < -0.39 is 0 Å². The lowest BCUT2D eigenvalue weighted by molar-refractivity contribution is 0.0423. The smallest absolute Gasteiger partial charge is 0.256 e. The topological polar surface area (TPSA) is 51.5 Å². The second-order valence-electron chi connectivity index (χ2n) is 4.24. The molecule has 0 saturated carbocycles. The standard InChI is InChI=1S/C11H14ClNO3/c1-11(3-6-15-7-4-11)13-10(14)8-2-5-16-9(8)12/h2,5H,3-4,6-7H2,1H3,(H,13,14). The molecule has 0 aliphatic carbocycles. The van der Waals surface area contributed by atoms with Crippen molar-refractivity contribution >= 4 is 17.5 Å². The van der Waals surface area contributed by atoms with Crippen LogP contribution in [-0.2, 0) is 4.74 Å². The molecule has 1 aliphatic heterocycles. The number of ether oxygens (including phenoxy) is 1. The zero-order chi connectivity index (χ0) is 11.6. The predicted molar refractivity (Wildman–Crippen MR) is 59.6 cm³/mol. The normalized spacial score (nSPS) is 19.4. The summed E-state index contributed by atoms with van der Waals surface area (Å²) in [7, 11) is 0. The zero-order valence-electron chi connectivity index (χ0n) is 9.09. The van der Waals surface area contributed by atoms with E-state index in [0.29, 0.717) is 18.8 Å². The van der Waals surface area contributed by atoms with Gasteiger partial charge in [0, 0.05) is 18.8 Å². The average molecular weight is 244 g/mol. The second kappa shape index (κ2) is 4.47. The van der Waals surface area contributed by atoms with E-state index in [-0.39, 0.29) is 16.7 Å². The van der Waals surface area contributed by atoms with Crippen molar-refractivity contribution in [1.29, 1.82) is 0 Å². The van der Waals surface area contributed by atoms with Crippen LogP contribution >= 0.6 is 11.6 Å². The second-order valence-corrected chi connectivity index (χ2v) is 4.58.